The van der Waals surface area contributed by atoms with Gasteiger partial charge in [-0.15, -0.1) is 21.5 Å². The molecule has 0 N–H and O–H groups in total. The summed E-state index contributed by atoms with van der Waals surface area (Å²) in [4.78, 5) is 8.96. The van der Waals surface area contributed by atoms with Crippen molar-refractivity contribution in [3.05, 3.63) is 65.2 Å². The van der Waals surface area contributed by atoms with Crippen LogP contribution in [0, 0.1) is 12.7 Å². The fourth-order valence-corrected chi connectivity index (χ4v) is 4.27. The van der Waals surface area contributed by atoms with Gasteiger partial charge in [0.2, 0.25) is 0 Å². The highest BCUT2D eigenvalue weighted by Gasteiger charge is 2.16. The molecule has 4 rings (SSSR count). The van der Waals surface area contributed by atoms with Crippen LogP contribution in [0.25, 0.3) is 21.5 Å². The molecular formula is C18H13FN4S2. The molecule has 25 heavy (non-hydrogen) atoms. The van der Waals surface area contributed by atoms with E-state index in [0.717, 1.165) is 37.2 Å². The molecule has 0 radical (unpaired) electrons. The van der Waals surface area contributed by atoms with Crippen molar-refractivity contribution < 1.29 is 4.39 Å². The molecule has 124 valence electrons. The summed E-state index contributed by atoms with van der Waals surface area (Å²) in [7, 11) is 0. The average Bonchev–Trinajstić information content (AvgIpc) is 3.03. The molecule has 3 aromatic heterocycles. The number of halogens is 1. The fourth-order valence-electron chi connectivity index (χ4n) is 2.44. The molecule has 0 aliphatic carbocycles. The van der Waals surface area contributed by atoms with Gasteiger partial charge in [0.05, 0.1) is 15.4 Å². The van der Waals surface area contributed by atoms with Crippen LogP contribution in [0.2, 0.25) is 0 Å². The molecule has 4 aromatic rings. The summed E-state index contributed by atoms with van der Waals surface area (Å²) in [6.07, 6.45) is 1.78. The van der Waals surface area contributed by atoms with Crippen LogP contribution in [0.4, 0.5) is 4.39 Å². The molecular weight excluding hydrogens is 355 g/mol. The second kappa shape index (κ2) is 6.85. The molecule has 4 nitrogen and oxygen atoms in total. The number of thioether (sulfide) groups is 1. The van der Waals surface area contributed by atoms with Crippen LogP contribution in [0.15, 0.2) is 53.7 Å². The number of thiazole rings is 1. The summed E-state index contributed by atoms with van der Waals surface area (Å²) in [5, 5.41) is 10.5. The van der Waals surface area contributed by atoms with Gasteiger partial charge >= 0.3 is 0 Å². The molecule has 0 aliphatic heterocycles. The van der Waals surface area contributed by atoms with Crippen molar-refractivity contribution in [3.8, 4) is 11.3 Å². The number of aryl methyl sites for hydroxylation is 1. The first-order chi connectivity index (χ1) is 12.2. The molecule has 0 saturated carbocycles. The number of rotatable bonds is 4. The summed E-state index contributed by atoms with van der Waals surface area (Å²) < 4.78 is 14.2. The average molecular weight is 368 g/mol. The number of fused-ring (bicyclic) bond motifs is 1. The maximum atomic E-state index is 13.2. The standard InChI is InChI=1S/C18H13FN4S2/c1-11-21-16-17(25-11)15(12-5-7-13(19)8-6-12)22-23-18(16)24-10-14-4-2-3-9-20-14/h2-9H,10H2,1H3. The zero-order chi connectivity index (χ0) is 17.2. The minimum absolute atomic E-state index is 0.268. The fraction of sp³-hybridized carbons (Fsp3) is 0.111. The van der Waals surface area contributed by atoms with Crippen molar-refractivity contribution >= 4 is 33.3 Å². The highest BCUT2D eigenvalue weighted by molar-refractivity contribution is 7.98. The molecule has 0 amide bonds. The lowest BCUT2D eigenvalue weighted by Crippen LogP contribution is -1.93. The predicted octanol–water partition coefficient (Wildman–Crippen LogP) is 4.89. The maximum Gasteiger partial charge on any atom is 0.146 e. The van der Waals surface area contributed by atoms with Crippen molar-refractivity contribution in [2.75, 3.05) is 0 Å². The van der Waals surface area contributed by atoms with Gasteiger partial charge < -0.3 is 0 Å². The molecule has 0 bridgehead atoms. The third-order valence-electron chi connectivity index (χ3n) is 3.59. The molecule has 0 fully saturated rings. The first-order valence-corrected chi connectivity index (χ1v) is 9.43. The normalized spacial score (nSPS) is 11.1. The van der Waals surface area contributed by atoms with E-state index in [1.54, 1.807) is 41.4 Å². The van der Waals surface area contributed by atoms with Gasteiger partial charge in [-0.2, -0.15) is 0 Å². The summed E-state index contributed by atoms with van der Waals surface area (Å²) in [5.41, 5.74) is 3.40. The van der Waals surface area contributed by atoms with Crippen LogP contribution >= 0.6 is 23.1 Å². The van der Waals surface area contributed by atoms with Gasteiger partial charge in [0, 0.05) is 17.5 Å². The molecule has 0 spiro atoms. The Kier molecular flexibility index (Phi) is 4.42. The SMILES string of the molecule is Cc1nc2c(SCc3ccccn3)nnc(-c3ccc(F)cc3)c2s1. The second-order valence-corrected chi connectivity index (χ2v) is 7.55. The largest absolute Gasteiger partial charge is 0.260 e. The first kappa shape index (κ1) is 16.1. The Hall–Kier alpha value is -2.38. The summed E-state index contributed by atoms with van der Waals surface area (Å²) in [6, 6.07) is 12.1. The van der Waals surface area contributed by atoms with Crippen LogP contribution in [0.5, 0.6) is 0 Å². The van der Waals surface area contributed by atoms with Crippen molar-refractivity contribution in [1.29, 1.82) is 0 Å². The monoisotopic (exact) mass is 368 g/mol. The van der Waals surface area contributed by atoms with E-state index in [0.29, 0.717) is 5.75 Å². The van der Waals surface area contributed by atoms with Gasteiger partial charge in [-0.1, -0.05) is 17.8 Å². The highest BCUT2D eigenvalue weighted by Crippen LogP contribution is 2.36. The Labute approximate surface area is 152 Å². The van der Waals surface area contributed by atoms with Crippen molar-refractivity contribution in [2.45, 2.75) is 17.7 Å². The molecule has 3 heterocycles. The molecule has 0 aliphatic rings. The predicted molar refractivity (Wildman–Crippen MR) is 99.1 cm³/mol. The lowest BCUT2D eigenvalue weighted by molar-refractivity contribution is 0.628. The van der Waals surface area contributed by atoms with Crippen LogP contribution < -0.4 is 0 Å². The van der Waals surface area contributed by atoms with Gasteiger partial charge in [0.25, 0.3) is 0 Å². The zero-order valence-corrected chi connectivity index (χ0v) is 14.9. The third-order valence-corrected chi connectivity index (χ3v) is 5.56. The van der Waals surface area contributed by atoms with E-state index in [1.807, 2.05) is 25.1 Å². The minimum atomic E-state index is -0.268. The van der Waals surface area contributed by atoms with Crippen molar-refractivity contribution in [1.82, 2.24) is 20.2 Å². The Morgan fingerprint density at radius 1 is 1.08 bits per heavy atom. The van der Waals surface area contributed by atoms with Gasteiger partial charge in [-0.05, 0) is 43.3 Å². The number of benzene rings is 1. The topological polar surface area (TPSA) is 51.6 Å². The summed E-state index contributed by atoms with van der Waals surface area (Å²) in [5.74, 6) is 0.438. The zero-order valence-electron chi connectivity index (χ0n) is 13.3. The molecule has 0 atom stereocenters. The summed E-state index contributed by atoms with van der Waals surface area (Å²) >= 11 is 3.15. The van der Waals surface area contributed by atoms with Crippen LogP contribution in [0.3, 0.4) is 0 Å². The minimum Gasteiger partial charge on any atom is -0.260 e. The van der Waals surface area contributed by atoms with Gasteiger partial charge in [-0.3, -0.25) is 4.98 Å². The number of aromatic nitrogens is 4. The molecule has 7 heteroatoms. The van der Waals surface area contributed by atoms with Crippen LogP contribution in [-0.4, -0.2) is 20.2 Å². The van der Waals surface area contributed by atoms with E-state index in [4.69, 9.17) is 0 Å². The van der Waals surface area contributed by atoms with Crippen molar-refractivity contribution in [3.63, 3.8) is 0 Å². The Morgan fingerprint density at radius 3 is 2.68 bits per heavy atom. The van der Waals surface area contributed by atoms with E-state index >= 15 is 0 Å². The Balaban J connectivity index is 1.72. The number of nitrogens with zero attached hydrogens (tertiary/aromatic N) is 4. The van der Waals surface area contributed by atoms with Gasteiger partial charge in [0.1, 0.15) is 22.1 Å². The van der Waals surface area contributed by atoms with Crippen LogP contribution in [-0.2, 0) is 5.75 Å². The lowest BCUT2D eigenvalue weighted by Gasteiger charge is -2.05. The van der Waals surface area contributed by atoms with E-state index in [-0.39, 0.29) is 5.82 Å². The number of hydrogen-bond acceptors (Lipinski definition) is 6. The molecule has 0 unspecified atom stereocenters. The summed E-state index contributed by atoms with van der Waals surface area (Å²) in [6.45, 7) is 1.96. The smallest absolute Gasteiger partial charge is 0.146 e. The van der Waals surface area contributed by atoms with Crippen molar-refractivity contribution in [2.24, 2.45) is 0 Å². The van der Waals surface area contributed by atoms with E-state index < -0.39 is 0 Å². The lowest BCUT2D eigenvalue weighted by atomic mass is 10.1. The van der Waals surface area contributed by atoms with E-state index in [9.17, 15) is 4.39 Å². The highest BCUT2D eigenvalue weighted by atomic mass is 32.2. The maximum absolute atomic E-state index is 13.2. The Morgan fingerprint density at radius 2 is 1.92 bits per heavy atom. The van der Waals surface area contributed by atoms with Gasteiger partial charge in [-0.25, -0.2) is 9.37 Å². The first-order valence-electron chi connectivity index (χ1n) is 7.63. The number of hydrogen-bond donors (Lipinski definition) is 0. The quantitative estimate of drug-likeness (QED) is 0.480. The van der Waals surface area contributed by atoms with E-state index in [2.05, 4.69) is 20.2 Å². The molecule has 0 saturated heterocycles. The van der Waals surface area contributed by atoms with Crippen LogP contribution in [0.1, 0.15) is 10.7 Å². The molecule has 1 aromatic carbocycles. The second-order valence-electron chi connectivity index (χ2n) is 5.38. The van der Waals surface area contributed by atoms with Gasteiger partial charge in [0.15, 0.2) is 0 Å². The third kappa shape index (κ3) is 3.38. The Bertz CT molecular complexity index is 1020. The number of pyridine rings is 1. The van der Waals surface area contributed by atoms with E-state index in [1.165, 1.54) is 12.1 Å².